The van der Waals surface area contributed by atoms with Gasteiger partial charge < -0.3 is 5.11 Å². The number of pyridine rings is 1. The van der Waals surface area contributed by atoms with Gasteiger partial charge in [-0.3, -0.25) is 4.98 Å². The number of nitrogens with zero attached hydrogens (tertiary/aromatic N) is 1. The first-order valence-corrected chi connectivity index (χ1v) is 12.0. The molecule has 2 aromatic rings. The van der Waals surface area contributed by atoms with Crippen molar-refractivity contribution in [3.05, 3.63) is 36.0 Å². The molecule has 0 aliphatic rings. The molecule has 108 valence electrons. The van der Waals surface area contributed by atoms with E-state index >= 15 is 0 Å². The Bertz CT molecular complexity index is 580. The molecule has 1 aromatic carbocycles. The fourth-order valence-corrected chi connectivity index (χ4v) is 4.69. The summed E-state index contributed by atoms with van der Waals surface area (Å²) in [5.74, 6) is 2.48. The summed E-state index contributed by atoms with van der Waals surface area (Å²) in [4.78, 5) is 4.26. The van der Waals surface area contributed by atoms with Crippen LogP contribution in [0.2, 0.25) is 25.7 Å². The summed E-state index contributed by atoms with van der Waals surface area (Å²) in [5.41, 5.74) is 1.98. The highest BCUT2D eigenvalue weighted by Crippen LogP contribution is 2.28. The van der Waals surface area contributed by atoms with Gasteiger partial charge in [-0.2, -0.15) is 11.8 Å². The Labute approximate surface area is 126 Å². The SMILES string of the molecule is C[Si](C)(C)CCCSCc1ccc(O)c2ncccc12. The second-order valence-corrected chi connectivity index (χ2v) is 13.1. The third kappa shape index (κ3) is 4.25. The maximum Gasteiger partial charge on any atom is 0.141 e. The average Bonchev–Trinajstić information content (AvgIpc) is 2.40. The first kappa shape index (κ1) is 15.4. The first-order valence-electron chi connectivity index (χ1n) is 7.11. The van der Waals surface area contributed by atoms with Crippen LogP contribution in [0, 0.1) is 0 Å². The zero-order valence-corrected chi connectivity index (χ0v) is 14.3. The molecule has 20 heavy (non-hydrogen) atoms. The summed E-state index contributed by atoms with van der Waals surface area (Å²) in [6.07, 6.45) is 3.04. The van der Waals surface area contributed by atoms with Gasteiger partial charge in [0, 0.05) is 25.4 Å². The second-order valence-electron chi connectivity index (χ2n) is 6.36. The van der Waals surface area contributed by atoms with Crippen LogP contribution in [0.4, 0.5) is 0 Å². The molecule has 1 aromatic heterocycles. The Morgan fingerprint density at radius 1 is 1.20 bits per heavy atom. The molecule has 0 atom stereocenters. The molecule has 1 N–H and O–H groups in total. The van der Waals surface area contributed by atoms with Crippen LogP contribution in [-0.4, -0.2) is 23.9 Å². The number of rotatable bonds is 6. The quantitative estimate of drug-likeness (QED) is 0.608. The molecule has 0 saturated heterocycles. The van der Waals surface area contributed by atoms with E-state index in [9.17, 15) is 5.11 Å². The third-order valence-electron chi connectivity index (χ3n) is 3.31. The Balaban J connectivity index is 1.95. The number of benzene rings is 1. The Morgan fingerprint density at radius 2 is 2.00 bits per heavy atom. The van der Waals surface area contributed by atoms with Crippen molar-refractivity contribution in [2.45, 2.75) is 37.9 Å². The second kappa shape index (κ2) is 6.63. The van der Waals surface area contributed by atoms with E-state index in [2.05, 4.69) is 24.6 Å². The number of hydrogen-bond acceptors (Lipinski definition) is 3. The van der Waals surface area contributed by atoms with E-state index in [1.165, 1.54) is 23.8 Å². The van der Waals surface area contributed by atoms with E-state index in [1.54, 1.807) is 12.3 Å². The highest BCUT2D eigenvalue weighted by atomic mass is 32.2. The molecule has 0 radical (unpaired) electrons. The highest BCUT2D eigenvalue weighted by molar-refractivity contribution is 7.98. The van der Waals surface area contributed by atoms with Crippen molar-refractivity contribution in [3.63, 3.8) is 0 Å². The van der Waals surface area contributed by atoms with Crippen LogP contribution in [-0.2, 0) is 5.75 Å². The lowest BCUT2D eigenvalue weighted by atomic mass is 10.1. The smallest absolute Gasteiger partial charge is 0.141 e. The minimum atomic E-state index is -0.894. The van der Waals surface area contributed by atoms with Gasteiger partial charge in [0.2, 0.25) is 0 Å². The van der Waals surface area contributed by atoms with Crippen LogP contribution in [0.25, 0.3) is 10.9 Å². The molecule has 0 bridgehead atoms. The minimum Gasteiger partial charge on any atom is -0.506 e. The van der Waals surface area contributed by atoms with Crippen molar-refractivity contribution in [1.82, 2.24) is 4.98 Å². The summed E-state index contributed by atoms with van der Waals surface area (Å²) < 4.78 is 0. The zero-order chi connectivity index (χ0) is 14.6. The molecule has 0 aliphatic heterocycles. The predicted octanol–water partition coefficient (Wildman–Crippen LogP) is 4.90. The normalized spacial score (nSPS) is 11.9. The molecule has 0 spiro atoms. The van der Waals surface area contributed by atoms with Crippen molar-refractivity contribution in [3.8, 4) is 5.75 Å². The average molecular weight is 306 g/mol. The van der Waals surface area contributed by atoms with E-state index in [4.69, 9.17) is 0 Å². The fraction of sp³-hybridized carbons (Fsp3) is 0.438. The number of thioether (sulfide) groups is 1. The summed E-state index contributed by atoms with van der Waals surface area (Å²) in [6, 6.07) is 9.15. The lowest BCUT2D eigenvalue weighted by Crippen LogP contribution is -2.18. The van der Waals surface area contributed by atoms with Gasteiger partial charge in [-0.05, 0) is 29.9 Å². The fourth-order valence-electron chi connectivity index (χ4n) is 2.23. The van der Waals surface area contributed by atoms with Gasteiger partial charge in [0.1, 0.15) is 11.3 Å². The monoisotopic (exact) mass is 305 g/mol. The van der Waals surface area contributed by atoms with Gasteiger partial charge in [-0.15, -0.1) is 0 Å². The van der Waals surface area contributed by atoms with Crippen molar-refractivity contribution in [2.24, 2.45) is 0 Å². The van der Waals surface area contributed by atoms with Gasteiger partial charge in [0.05, 0.1) is 0 Å². The number of phenolic OH excluding ortho intramolecular Hbond substituents is 1. The van der Waals surface area contributed by atoms with Crippen LogP contribution in [0.15, 0.2) is 30.5 Å². The number of hydrogen-bond donors (Lipinski definition) is 1. The maximum atomic E-state index is 9.83. The topological polar surface area (TPSA) is 33.1 Å². The lowest BCUT2D eigenvalue weighted by molar-refractivity contribution is 0.480. The molecule has 2 nitrogen and oxygen atoms in total. The van der Waals surface area contributed by atoms with Crippen LogP contribution in [0.1, 0.15) is 12.0 Å². The van der Waals surface area contributed by atoms with Crippen molar-refractivity contribution >= 4 is 30.7 Å². The zero-order valence-electron chi connectivity index (χ0n) is 12.5. The van der Waals surface area contributed by atoms with Crippen molar-refractivity contribution in [1.29, 1.82) is 0 Å². The third-order valence-corrected chi connectivity index (χ3v) is 6.26. The predicted molar refractivity (Wildman–Crippen MR) is 92.3 cm³/mol. The summed E-state index contributed by atoms with van der Waals surface area (Å²) in [6.45, 7) is 7.28. The molecule has 4 heteroatoms. The van der Waals surface area contributed by atoms with Crippen molar-refractivity contribution < 1.29 is 5.11 Å². The molecule has 2 rings (SSSR count). The molecule has 1 heterocycles. The van der Waals surface area contributed by atoms with E-state index < -0.39 is 8.07 Å². The van der Waals surface area contributed by atoms with Gasteiger partial charge in [-0.1, -0.05) is 37.8 Å². The number of fused-ring (bicyclic) bond motifs is 1. The summed E-state index contributed by atoms with van der Waals surface area (Å²) >= 11 is 1.98. The summed E-state index contributed by atoms with van der Waals surface area (Å²) in [7, 11) is -0.894. The van der Waals surface area contributed by atoms with Crippen LogP contribution in [0.5, 0.6) is 5.75 Å². The molecule has 0 unspecified atom stereocenters. The Kier molecular flexibility index (Phi) is 5.10. The largest absolute Gasteiger partial charge is 0.506 e. The Morgan fingerprint density at radius 3 is 2.75 bits per heavy atom. The number of aromatic hydroxyl groups is 1. The lowest BCUT2D eigenvalue weighted by Gasteiger charge is -2.15. The summed E-state index contributed by atoms with van der Waals surface area (Å²) in [5, 5.41) is 10.9. The van der Waals surface area contributed by atoms with Gasteiger partial charge in [0.15, 0.2) is 0 Å². The Hall–Kier alpha value is -1.00. The maximum absolute atomic E-state index is 9.83. The molecule has 0 fully saturated rings. The first-order chi connectivity index (χ1) is 9.47. The minimum absolute atomic E-state index is 0.271. The molecular weight excluding hydrogens is 282 g/mol. The highest BCUT2D eigenvalue weighted by Gasteiger charge is 2.12. The van der Waals surface area contributed by atoms with Crippen LogP contribution >= 0.6 is 11.8 Å². The number of aromatic nitrogens is 1. The standard InChI is InChI=1S/C16H23NOSSi/c1-20(2,3)11-5-10-19-12-13-7-8-15(18)16-14(13)6-4-9-17-16/h4,6-9,18H,5,10-12H2,1-3H3. The van der Waals surface area contributed by atoms with Gasteiger partial charge in [0.25, 0.3) is 0 Å². The van der Waals surface area contributed by atoms with Crippen molar-refractivity contribution in [2.75, 3.05) is 5.75 Å². The van der Waals surface area contributed by atoms with Gasteiger partial charge >= 0.3 is 0 Å². The molecule has 0 saturated carbocycles. The van der Waals surface area contributed by atoms with E-state index in [-0.39, 0.29) is 5.75 Å². The number of phenols is 1. The van der Waals surface area contributed by atoms with E-state index in [1.807, 2.05) is 30.0 Å². The molecule has 0 amide bonds. The van der Waals surface area contributed by atoms with Crippen LogP contribution in [0.3, 0.4) is 0 Å². The van der Waals surface area contributed by atoms with E-state index in [0.717, 1.165) is 11.1 Å². The van der Waals surface area contributed by atoms with Gasteiger partial charge in [-0.25, -0.2) is 0 Å². The van der Waals surface area contributed by atoms with E-state index in [0.29, 0.717) is 5.52 Å². The molecular formula is C16H23NOSSi. The molecule has 0 aliphatic carbocycles. The van der Waals surface area contributed by atoms with Crippen LogP contribution < -0.4 is 0 Å².